The lowest BCUT2D eigenvalue weighted by Crippen LogP contribution is -2.38. The summed E-state index contributed by atoms with van der Waals surface area (Å²) >= 11 is 0. The van der Waals surface area contributed by atoms with Gasteiger partial charge in [-0.15, -0.1) is 0 Å². The van der Waals surface area contributed by atoms with E-state index in [4.69, 9.17) is 4.42 Å². The highest BCUT2D eigenvalue weighted by atomic mass is 16.4. The first-order valence-electron chi connectivity index (χ1n) is 10.6. The van der Waals surface area contributed by atoms with Crippen molar-refractivity contribution in [3.8, 4) is 0 Å². The van der Waals surface area contributed by atoms with Crippen molar-refractivity contribution >= 4 is 11.8 Å². The Morgan fingerprint density at radius 1 is 0.897 bits per heavy atom. The highest BCUT2D eigenvalue weighted by molar-refractivity contribution is 5.95. The van der Waals surface area contributed by atoms with Gasteiger partial charge in [-0.1, -0.05) is 17.2 Å². The highest BCUT2D eigenvalue weighted by Gasteiger charge is 2.31. The third-order valence-corrected chi connectivity index (χ3v) is 6.01. The van der Waals surface area contributed by atoms with Crippen molar-refractivity contribution < 1.29 is 14.0 Å². The van der Waals surface area contributed by atoms with Crippen LogP contribution in [0.1, 0.15) is 75.2 Å². The molecule has 0 atom stereocenters. The number of oxazole rings is 1. The van der Waals surface area contributed by atoms with Crippen LogP contribution in [0.3, 0.4) is 0 Å². The molecule has 6 heteroatoms. The molecule has 0 bridgehead atoms. The molecule has 1 aromatic heterocycles. The molecule has 0 saturated carbocycles. The first-order valence-corrected chi connectivity index (χ1v) is 10.6. The molecular weight excluding hydrogens is 366 g/mol. The fraction of sp³-hybridized carbons (Fsp3) is 0.522. The Kier molecular flexibility index (Phi) is 5.43. The maximum atomic E-state index is 12.9. The van der Waals surface area contributed by atoms with Crippen LogP contribution in [0.25, 0.3) is 0 Å². The van der Waals surface area contributed by atoms with Crippen LogP contribution in [-0.4, -0.2) is 52.8 Å². The largest absolute Gasteiger partial charge is 0.445 e. The molecule has 0 aliphatic carbocycles. The zero-order chi connectivity index (χ0) is 20.5. The second kappa shape index (κ2) is 8.01. The van der Waals surface area contributed by atoms with Crippen LogP contribution in [0, 0.1) is 20.8 Å². The van der Waals surface area contributed by atoms with Crippen LogP contribution >= 0.6 is 0 Å². The third-order valence-electron chi connectivity index (χ3n) is 6.01. The lowest BCUT2D eigenvalue weighted by atomic mass is 9.96. The first kappa shape index (κ1) is 19.7. The molecule has 4 rings (SSSR count). The van der Waals surface area contributed by atoms with E-state index in [1.54, 1.807) is 0 Å². The van der Waals surface area contributed by atoms with Crippen LogP contribution in [-0.2, 0) is 0 Å². The number of aromatic nitrogens is 1. The summed E-state index contributed by atoms with van der Waals surface area (Å²) in [6.45, 7) is 8.81. The molecule has 6 nitrogen and oxygen atoms in total. The number of rotatable bonds is 3. The molecule has 154 valence electrons. The molecule has 2 aromatic rings. The van der Waals surface area contributed by atoms with E-state index in [-0.39, 0.29) is 17.7 Å². The van der Waals surface area contributed by atoms with Gasteiger partial charge in [0.2, 0.25) is 0 Å². The molecule has 0 radical (unpaired) electrons. The van der Waals surface area contributed by atoms with Crippen LogP contribution < -0.4 is 0 Å². The highest BCUT2D eigenvalue weighted by Crippen LogP contribution is 2.30. The molecule has 0 spiro atoms. The molecule has 2 aliphatic heterocycles. The molecule has 2 saturated heterocycles. The number of benzene rings is 1. The lowest BCUT2D eigenvalue weighted by molar-refractivity contribution is 0.0705. The van der Waals surface area contributed by atoms with Gasteiger partial charge in [0.15, 0.2) is 11.6 Å². The zero-order valence-electron chi connectivity index (χ0n) is 17.5. The van der Waals surface area contributed by atoms with Gasteiger partial charge in [-0.3, -0.25) is 9.59 Å². The minimum absolute atomic E-state index is 0.0163. The van der Waals surface area contributed by atoms with E-state index in [0.29, 0.717) is 30.4 Å². The maximum absolute atomic E-state index is 12.9. The Morgan fingerprint density at radius 2 is 1.48 bits per heavy atom. The van der Waals surface area contributed by atoms with Gasteiger partial charge in [0.1, 0.15) is 5.76 Å². The Hall–Kier alpha value is -2.63. The van der Waals surface area contributed by atoms with Crippen LogP contribution in [0.4, 0.5) is 0 Å². The summed E-state index contributed by atoms with van der Waals surface area (Å²) in [5.74, 6) is 1.47. The Balaban J connectivity index is 1.41. The number of amides is 2. The first-order chi connectivity index (χ1) is 13.9. The van der Waals surface area contributed by atoms with Crippen LogP contribution in [0.2, 0.25) is 0 Å². The van der Waals surface area contributed by atoms with Crippen molar-refractivity contribution in [1.82, 2.24) is 14.8 Å². The van der Waals surface area contributed by atoms with E-state index in [1.807, 2.05) is 42.7 Å². The van der Waals surface area contributed by atoms with E-state index in [2.05, 4.69) is 11.1 Å². The summed E-state index contributed by atoms with van der Waals surface area (Å²) in [5.41, 5.74) is 3.42. The zero-order valence-corrected chi connectivity index (χ0v) is 17.5. The van der Waals surface area contributed by atoms with Gasteiger partial charge in [-0.05, 0) is 58.6 Å². The molecule has 1 aromatic carbocycles. The topological polar surface area (TPSA) is 66.7 Å². The third kappa shape index (κ3) is 4.07. The summed E-state index contributed by atoms with van der Waals surface area (Å²) in [4.78, 5) is 33.9. The van der Waals surface area contributed by atoms with Gasteiger partial charge in [0.05, 0.1) is 0 Å². The SMILES string of the molecule is Cc1cc(C)cc(C(=O)N2CCC(c3nc(C(=O)N4CCCC4)c(C)o3)CC2)c1. The lowest BCUT2D eigenvalue weighted by Gasteiger charge is -2.30. The van der Waals surface area contributed by atoms with E-state index in [9.17, 15) is 9.59 Å². The minimum atomic E-state index is -0.0163. The predicted molar refractivity (Wildman–Crippen MR) is 110 cm³/mol. The summed E-state index contributed by atoms with van der Waals surface area (Å²) in [6.07, 6.45) is 3.71. The van der Waals surface area contributed by atoms with Crippen molar-refractivity contribution in [2.45, 2.75) is 52.4 Å². The van der Waals surface area contributed by atoms with E-state index >= 15 is 0 Å². The van der Waals surface area contributed by atoms with E-state index in [0.717, 1.165) is 55.5 Å². The van der Waals surface area contributed by atoms with Gasteiger partial charge >= 0.3 is 0 Å². The molecule has 3 heterocycles. The number of nitrogens with zero attached hydrogens (tertiary/aromatic N) is 3. The molecular formula is C23H29N3O3. The monoisotopic (exact) mass is 395 g/mol. The van der Waals surface area contributed by atoms with Gasteiger partial charge < -0.3 is 14.2 Å². The van der Waals surface area contributed by atoms with Gasteiger partial charge in [0.25, 0.3) is 11.8 Å². The summed E-state index contributed by atoms with van der Waals surface area (Å²) in [5, 5.41) is 0. The predicted octanol–water partition coefficient (Wildman–Crippen LogP) is 3.86. The van der Waals surface area contributed by atoms with Crippen molar-refractivity contribution in [2.75, 3.05) is 26.2 Å². The number of hydrogen-bond acceptors (Lipinski definition) is 4. The smallest absolute Gasteiger partial charge is 0.276 e. The van der Waals surface area contributed by atoms with Crippen LogP contribution in [0.5, 0.6) is 0 Å². The van der Waals surface area contributed by atoms with E-state index in [1.165, 1.54) is 0 Å². The molecule has 2 amide bonds. The summed E-state index contributed by atoms with van der Waals surface area (Å²) in [6, 6.07) is 5.99. The Morgan fingerprint density at radius 3 is 2.10 bits per heavy atom. The van der Waals surface area contributed by atoms with Crippen molar-refractivity contribution in [2.24, 2.45) is 0 Å². The van der Waals surface area contributed by atoms with Crippen molar-refractivity contribution in [1.29, 1.82) is 0 Å². The van der Waals surface area contributed by atoms with Gasteiger partial charge in [-0.25, -0.2) is 4.98 Å². The van der Waals surface area contributed by atoms with Crippen LogP contribution in [0.15, 0.2) is 22.6 Å². The number of aryl methyl sites for hydroxylation is 3. The average molecular weight is 396 g/mol. The number of piperidine rings is 1. The fourth-order valence-corrected chi connectivity index (χ4v) is 4.47. The second-order valence-corrected chi connectivity index (χ2v) is 8.40. The standard InChI is InChI=1S/C23H29N3O3/c1-15-12-16(2)14-19(13-15)22(27)26-10-6-18(7-11-26)21-24-20(17(3)29-21)23(28)25-8-4-5-9-25/h12-14,18H,4-11H2,1-3H3. The summed E-state index contributed by atoms with van der Waals surface area (Å²) < 4.78 is 5.88. The average Bonchev–Trinajstić information content (AvgIpc) is 3.36. The molecule has 29 heavy (non-hydrogen) atoms. The Labute approximate surface area is 171 Å². The fourth-order valence-electron chi connectivity index (χ4n) is 4.47. The number of likely N-dealkylation sites (tertiary alicyclic amines) is 2. The van der Waals surface area contributed by atoms with E-state index < -0.39 is 0 Å². The molecule has 0 N–H and O–H groups in total. The molecule has 2 aliphatic rings. The quantitative estimate of drug-likeness (QED) is 0.792. The summed E-state index contributed by atoms with van der Waals surface area (Å²) in [7, 11) is 0. The van der Waals surface area contributed by atoms with Gasteiger partial charge in [-0.2, -0.15) is 0 Å². The Bertz CT molecular complexity index is 899. The molecule has 0 unspecified atom stereocenters. The number of carbonyl (C=O) groups excluding carboxylic acids is 2. The number of carbonyl (C=O) groups is 2. The maximum Gasteiger partial charge on any atom is 0.276 e. The molecule has 2 fully saturated rings. The minimum Gasteiger partial charge on any atom is -0.445 e. The number of hydrogen-bond donors (Lipinski definition) is 0. The van der Waals surface area contributed by atoms with Crippen molar-refractivity contribution in [3.63, 3.8) is 0 Å². The van der Waals surface area contributed by atoms with Crippen molar-refractivity contribution in [3.05, 3.63) is 52.2 Å². The second-order valence-electron chi connectivity index (χ2n) is 8.40. The normalized spacial score (nSPS) is 17.8. The van der Waals surface area contributed by atoms with Gasteiger partial charge in [0, 0.05) is 37.7 Å².